The van der Waals surface area contributed by atoms with Crippen molar-refractivity contribution in [3.8, 4) is 0 Å². The molecule has 0 saturated carbocycles. The van der Waals surface area contributed by atoms with Crippen LogP contribution in [0.1, 0.15) is 24.9 Å². The van der Waals surface area contributed by atoms with Crippen molar-refractivity contribution in [1.82, 2.24) is 10.6 Å². The Bertz CT molecular complexity index is 402. The molecular formula is C13H17FN2O. The SMILES string of the molecule is C[C@H](NC(=O)C1CCNC1)c1cccc(F)c1. The molecule has 1 aliphatic rings. The molecule has 0 aliphatic carbocycles. The van der Waals surface area contributed by atoms with Gasteiger partial charge < -0.3 is 10.6 Å². The lowest BCUT2D eigenvalue weighted by Crippen LogP contribution is -2.33. The van der Waals surface area contributed by atoms with Gasteiger partial charge in [-0.25, -0.2) is 4.39 Å². The molecule has 4 heteroatoms. The fourth-order valence-electron chi connectivity index (χ4n) is 2.07. The summed E-state index contributed by atoms with van der Waals surface area (Å²) in [5, 5.41) is 6.07. The minimum Gasteiger partial charge on any atom is -0.349 e. The maximum Gasteiger partial charge on any atom is 0.224 e. The first-order valence-electron chi connectivity index (χ1n) is 5.93. The third kappa shape index (κ3) is 3.03. The zero-order valence-electron chi connectivity index (χ0n) is 9.87. The Hall–Kier alpha value is -1.42. The Kier molecular flexibility index (Phi) is 3.74. The van der Waals surface area contributed by atoms with Crippen LogP contribution in [0.25, 0.3) is 0 Å². The average molecular weight is 236 g/mol. The molecule has 0 aromatic heterocycles. The highest BCUT2D eigenvalue weighted by atomic mass is 19.1. The molecule has 1 saturated heterocycles. The minimum atomic E-state index is -0.272. The second-order valence-electron chi connectivity index (χ2n) is 4.48. The van der Waals surface area contributed by atoms with Crippen molar-refractivity contribution < 1.29 is 9.18 Å². The molecule has 2 N–H and O–H groups in total. The number of carbonyl (C=O) groups excluding carboxylic acids is 1. The second kappa shape index (κ2) is 5.27. The van der Waals surface area contributed by atoms with Gasteiger partial charge in [-0.3, -0.25) is 4.79 Å². The summed E-state index contributed by atoms with van der Waals surface area (Å²) in [6, 6.07) is 6.18. The minimum absolute atomic E-state index is 0.0472. The van der Waals surface area contributed by atoms with Gasteiger partial charge in [0.2, 0.25) is 5.91 Å². The summed E-state index contributed by atoms with van der Waals surface area (Å²) in [6.07, 6.45) is 0.877. The average Bonchev–Trinajstić information content (AvgIpc) is 2.82. The van der Waals surface area contributed by atoms with E-state index in [4.69, 9.17) is 0 Å². The van der Waals surface area contributed by atoms with E-state index >= 15 is 0 Å². The number of rotatable bonds is 3. The fourth-order valence-corrected chi connectivity index (χ4v) is 2.07. The van der Waals surface area contributed by atoms with Gasteiger partial charge in [0.25, 0.3) is 0 Å². The van der Waals surface area contributed by atoms with E-state index in [9.17, 15) is 9.18 Å². The Labute approximate surface area is 100 Å². The van der Waals surface area contributed by atoms with Crippen LogP contribution in [0, 0.1) is 11.7 Å². The summed E-state index contributed by atoms with van der Waals surface area (Å²) in [6.45, 7) is 3.50. The monoisotopic (exact) mass is 236 g/mol. The van der Waals surface area contributed by atoms with Crippen molar-refractivity contribution in [1.29, 1.82) is 0 Å². The van der Waals surface area contributed by atoms with E-state index in [0.717, 1.165) is 25.1 Å². The van der Waals surface area contributed by atoms with Crippen LogP contribution in [-0.4, -0.2) is 19.0 Å². The van der Waals surface area contributed by atoms with E-state index in [1.54, 1.807) is 6.07 Å². The molecule has 1 aromatic carbocycles. The van der Waals surface area contributed by atoms with Crippen LogP contribution < -0.4 is 10.6 Å². The summed E-state index contributed by atoms with van der Waals surface area (Å²) in [5.41, 5.74) is 0.796. The lowest BCUT2D eigenvalue weighted by molar-refractivity contribution is -0.125. The second-order valence-corrected chi connectivity index (χ2v) is 4.48. The van der Waals surface area contributed by atoms with Crippen molar-refractivity contribution in [3.05, 3.63) is 35.6 Å². The predicted octanol–water partition coefficient (Wildman–Crippen LogP) is 1.61. The Morgan fingerprint density at radius 1 is 1.59 bits per heavy atom. The number of halogens is 1. The summed E-state index contributed by atoms with van der Waals surface area (Å²) < 4.78 is 13.0. The molecule has 0 bridgehead atoms. The van der Waals surface area contributed by atoms with E-state index in [2.05, 4.69) is 10.6 Å². The lowest BCUT2D eigenvalue weighted by Gasteiger charge is -2.17. The molecule has 17 heavy (non-hydrogen) atoms. The highest BCUT2D eigenvalue weighted by Gasteiger charge is 2.23. The van der Waals surface area contributed by atoms with E-state index < -0.39 is 0 Å². The molecule has 0 radical (unpaired) electrons. The predicted molar refractivity (Wildman–Crippen MR) is 63.9 cm³/mol. The molecule has 92 valence electrons. The van der Waals surface area contributed by atoms with Crippen molar-refractivity contribution in [2.24, 2.45) is 5.92 Å². The quantitative estimate of drug-likeness (QED) is 0.837. The topological polar surface area (TPSA) is 41.1 Å². The molecular weight excluding hydrogens is 219 g/mol. The molecule has 1 aromatic rings. The summed E-state index contributed by atoms with van der Waals surface area (Å²) in [5.74, 6) is -0.177. The van der Waals surface area contributed by atoms with E-state index in [0.29, 0.717) is 0 Å². The Morgan fingerprint density at radius 2 is 2.41 bits per heavy atom. The molecule has 1 aliphatic heterocycles. The molecule has 2 rings (SSSR count). The van der Waals surface area contributed by atoms with Gasteiger partial charge in [-0.15, -0.1) is 0 Å². The summed E-state index contributed by atoms with van der Waals surface area (Å²) in [7, 11) is 0. The maximum absolute atomic E-state index is 13.0. The van der Waals surface area contributed by atoms with Crippen LogP contribution in [0.15, 0.2) is 24.3 Å². The normalized spacial score (nSPS) is 21.2. The maximum atomic E-state index is 13.0. The van der Waals surface area contributed by atoms with Crippen LogP contribution in [-0.2, 0) is 4.79 Å². The number of nitrogens with one attached hydrogen (secondary N) is 2. The van der Waals surface area contributed by atoms with Crippen LogP contribution >= 0.6 is 0 Å². The van der Waals surface area contributed by atoms with Gasteiger partial charge in [0.05, 0.1) is 12.0 Å². The van der Waals surface area contributed by atoms with Crippen LogP contribution in [0.5, 0.6) is 0 Å². The fraction of sp³-hybridized carbons (Fsp3) is 0.462. The van der Waals surface area contributed by atoms with Gasteiger partial charge in [-0.2, -0.15) is 0 Å². The van der Waals surface area contributed by atoms with Gasteiger partial charge in [-0.1, -0.05) is 12.1 Å². The molecule has 0 spiro atoms. The van der Waals surface area contributed by atoms with Crippen LogP contribution in [0.2, 0.25) is 0 Å². The highest BCUT2D eigenvalue weighted by Crippen LogP contribution is 2.15. The number of amides is 1. The lowest BCUT2D eigenvalue weighted by atomic mass is 10.1. The molecule has 3 nitrogen and oxygen atoms in total. The first-order valence-corrected chi connectivity index (χ1v) is 5.93. The summed E-state index contributed by atoms with van der Waals surface area (Å²) >= 11 is 0. The molecule has 1 unspecified atom stereocenters. The van der Waals surface area contributed by atoms with E-state index in [1.165, 1.54) is 12.1 Å². The Balaban J connectivity index is 1.96. The standard InChI is InChI=1S/C13H17FN2O/c1-9(10-3-2-4-12(14)7-10)16-13(17)11-5-6-15-8-11/h2-4,7,9,11,15H,5-6,8H2,1H3,(H,16,17)/t9-,11?/m0/s1. The Morgan fingerprint density at radius 3 is 3.06 bits per heavy atom. The third-order valence-electron chi connectivity index (χ3n) is 3.14. The molecule has 1 fully saturated rings. The van der Waals surface area contributed by atoms with Gasteiger partial charge in [0.1, 0.15) is 5.82 Å². The van der Waals surface area contributed by atoms with Crippen LogP contribution in [0.4, 0.5) is 4.39 Å². The number of hydrogen-bond acceptors (Lipinski definition) is 2. The van der Waals surface area contributed by atoms with Crippen LogP contribution in [0.3, 0.4) is 0 Å². The van der Waals surface area contributed by atoms with Gasteiger partial charge >= 0.3 is 0 Å². The molecule has 1 amide bonds. The van der Waals surface area contributed by atoms with Gasteiger partial charge in [0.15, 0.2) is 0 Å². The first-order chi connectivity index (χ1) is 8.16. The first kappa shape index (κ1) is 12.0. The van der Waals surface area contributed by atoms with Gasteiger partial charge in [-0.05, 0) is 37.6 Å². The zero-order valence-corrected chi connectivity index (χ0v) is 9.87. The third-order valence-corrected chi connectivity index (χ3v) is 3.14. The smallest absolute Gasteiger partial charge is 0.224 e. The number of carbonyl (C=O) groups is 1. The molecule has 1 heterocycles. The van der Waals surface area contributed by atoms with Crippen molar-refractivity contribution >= 4 is 5.91 Å². The van der Waals surface area contributed by atoms with E-state index in [-0.39, 0.29) is 23.7 Å². The molecule has 2 atom stereocenters. The van der Waals surface area contributed by atoms with E-state index in [1.807, 2.05) is 13.0 Å². The summed E-state index contributed by atoms with van der Waals surface area (Å²) in [4.78, 5) is 11.9. The van der Waals surface area contributed by atoms with Crippen molar-refractivity contribution in [2.75, 3.05) is 13.1 Å². The number of hydrogen-bond donors (Lipinski definition) is 2. The van der Waals surface area contributed by atoms with Gasteiger partial charge in [0, 0.05) is 6.54 Å². The van der Waals surface area contributed by atoms with Crippen molar-refractivity contribution in [3.63, 3.8) is 0 Å². The highest BCUT2D eigenvalue weighted by molar-refractivity contribution is 5.79. The largest absolute Gasteiger partial charge is 0.349 e. The zero-order chi connectivity index (χ0) is 12.3. The number of benzene rings is 1. The van der Waals surface area contributed by atoms with Crippen molar-refractivity contribution in [2.45, 2.75) is 19.4 Å².